The van der Waals surface area contributed by atoms with Gasteiger partial charge < -0.3 is 36.2 Å². The molecule has 0 radical (unpaired) electrons. The van der Waals surface area contributed by atoms with Gasteiger partial charge in [-0.3, -0.25) is 28.9 Å². The van der Waals surface area contributed by atoms with E-state index in [2.05, 4.69) is 0 Å². The maximum absolute atomic E-state index is 14.1. The number of hydrogen-bond donors (Lipinski definition) is 6. The number of benzene rings is 2. The van der Waals surface area contributed by atoms with E-state index in [4.69, 9.17) is 5.73 Å². The van der Waals surface area contributed by atoms with E-state index in [1.165, 1.54) is 43.3 Å². The first-order valence-electron chi connectivity index (χ1n) is 14.0. The molecule has 6 rings (SSSR count). The number of aromatic hydroxyl groups is 1. The number of rotatable bonds is 4. The van der Waals surface area contributed by atoms with Gasteiger partial charge in [-0.2, -0.15) is 0 Å². The Balaban J connectivity index is 1.47. The highest BCUT2D eigenvalue weighted by atomic mass is 16.3. The average Bonchev–Trinajstić information content (AvgIpc) is 3.20. The van der Waals surface area contributed by atoms with Crippen LogP contribution in [0.2, 0.25) is 0 Å². The third kappa shape index (κ3) is 3.63. The van der Waals surface area contributed by atoms with Crippen molar-refractivity contribution in [3.05, 3.63) is 69.8 Å². The van der Waals surface area contributed by atoms with Gasteiger partial charge in [0, 0.05) is 29.0 Å². The largest absolute Gasteiger partial charge is 0.507 e. The lowest BCUT2D eigenvalue weighted by molar-refractivity contribution is -0.199. The van der Waals surface area contributed by atoms with Crippen molar-refractivity contribution in [3.63, 3.8) is 0 Å². The van der Waals surface area contributed by atoms with Gasteiger partial charge in [0.05, 0.1) is 35.4 Å². The Morgan fingerprint density at radius 2 is 1.57 bits per heavy atom. The van der Waals surface area contributed by atoms with Gasteiger partial charge in [0.1, 0.15) is 17.4 Å². The van der Waals surface area contributed by atoms with Crippen LogP contribution in [0.5, 0.6) is 5.75 Å². The number of likely N-dealkylation sites (N-methyl/N-ethyl adjacent to an activating group) is 1. The Morgan fingerprint density at radius 3 is 2.11 bits per heavy atom. The van der Waals surface area contributed by atoms with Crippen molar-refractivity contribution >= 4 is 35.0 Å². The topological polar surface area (TPSA) is 219 Å². The molecule has 2 unspecified atom stereocenters. The van der Waals surface area contributed by atoms with Crippen LogP contribution in [0.3, 0.4) is 0 Å². The van der Waals surface area contributed by atoms with Gasteiger partial charge >= 0.3 is 0 Å². The number of primary amides is 1. The molecule has 4 aliphatic rings. The Bertz CT molecular complexity index is 1680. The molecule has 7 N–H and O–H groups in total. The van der Waals surface area contributed by atoms with Crippen molar-refractivity contribution in [1.29, 1.82) is 0 Å². The fourth-order valence-corrected chi connectivity index (χ4v) is 7.70. The van der Waals surface area contributed by atoms with Crippen molar-refractivity contribution in [1.82, 2.24) is 9.80 Å². The third-order valence-electron chi connectivity index (χ3n) is 9.78. The summed E-state index contributed by atoms with van der Waals surface area (Å²) in [6.07, 6.45) is -3.43. The molecule has 0 spiro atoms. The van der Waals surface area contributed by atoms with Gasteiger partial charge in [0.15, 0.2) is 11.4 Å². The number of ketones is 2. The van der Waals surface area contributed by atoms with Crippen molar-refractivity contribution < 1.29 is 49.5 Å². The number of Topliss-reactive ketones (excluding diaryl/α,β-unsaturated/α-hetero) is 2. The maximum atomic E-state index is 14.1. The van der Waals surface area contributed by atoms with E-state index in [0.717, 1.165) is 4.90 Å². The van der Waals surface area contributed by atoms with Crippen molar-refractivity contribution in [2.45, 2.75) is 43.2 Å². The van der Waals surface area contributed by atoms with Gasteiger partial charge in [-0.25, -0.2) is 0 Å². The number of aliphatic hydroxyl groups excluding tert-OH is 3. The van der Waals surface area contributed by atoms with Gasteiger partial charge in [0.2, 0.25) is 11.7 Å². The lowest BCUT2D eigenvalue weighted by atomic mass is 9.51. The highest BCUT2D eigenvalue weighted by Gasteiger charge is 2.71. The van der Waals surface area contributed by atoms with Crippen LogP contribution in [0.4, 0.5) is 0 Å². The molecule has 3 aliphatic carbocycles. The molecule has 0 aromatic heterocycles. The van der Waals surface area contributed by atoms with Crippen LogP contribution in [0.1, 0.15) is 50.2 Å². The minimum atomic E-state index is -3.04. The Morgan fingerprint density at radius 1 is 0.977 bits per heavy atom. The molecule has 2 aromatic carbocycles. The van der Waals surface area contributed by atoms with E-state index in [-0.39, 0.29) is 28.8 Å². The zero-order chi connectivity index (χ0) is 32.2. The van der Waals surface area contributed by atoms with Gasteiger partial charge in [0.25, 0.3) is 11.8 Å². The molecule has 2 saturated carbocycles. The summed E-state index contributed by atoms with van der Waals surface area (Å²) >= 11 is 0. The van der Waals surface area contributed by atoms with E-state index in [1.807, 2.05) is 0 Å². The molecule has 1 aliphatic heterocycles. The lowest BCUT2D eigenvalue weighted by Gasteiger charge is -2.56. The number of phenols is 1. The quantitative estimate of drug-likeness (QED) is 0.192. The molecular formula is C31H31N3O10. The molecule has 2 fully saturated rings. The molecule has 8 atom stereocenters. The maximum Gasteiger partial charge on any atom is 0.261 e. The summed E-state index contributed by atoms with van der Waals surface area (Å²) < 4.78 is 0. The summed E-state index contributed by atoms with van der Waals surface area (Å²) in [6.45, 7) is 1.26. The van der Waals surface area contributed by atoms with E-state index in [9.17, 15) is 49.5 Å². The second kappa shape index (κ2) is 9.79. The number of fused-ring (bicyclic) bond motifs is 4. The second-order valence-electron chi connectivity index (χ2n) is 12.2. The number of hydrogen-bond acceptors (Lipinski definition) is 11. The second-order valence-corrected chi connectivity index (χ2v) is 12.2. The van der Waals surface area contributed by atoms with Gasteiger partial charge in [-0.1, -0.05) is 31.2 Å². The van der Waals surface area contributed by atoms with Crippen LogP contribution < -0.4 is 5.73 Å². The standard InChI is InChI=1S/C31H31N3O10/c1-11-13-9-8-12(10-34-29(42)14-6-4-5-7-15(14)30(34)43)22(35)17(13)23(36)18-16(11)24(37)20-21(33(2)3)25(38)19(28(32)41)27(40)31(20,44)26(18)39/h4-9,11,16,19-21,24-25,35-38,44H,10H2,1-3H3,(H2,32,41)/t11-,16+,19?,20+,21-,24-,25?,31-/m0/s1. The molecular weight excluding hydrogens is 574 g/mol. The zero-order valence-corrected chi connectivity index (χ0v) is 24.0. The molecule has 2 aromatic rings. The number of imide groups is 1. The summed E-state index contributed by atoms with van der Waals surface area (Å²) in [6, 6.07) is 7.98. The predicted octanol–water partition coefficient (Wildman–Crippen LogP) is -0.543. The zero-order valence-electron chi connectivity index (χ0n) is 24.0. The minimum Gasteiger partial charge on any atom is -0.507 e. The SMILES string of the molecule is C[C@H]1c2ccc(CN3C(=O)c4ccccc4C3=O)c(O)c2C(O)=C2C(=O)[C@]3(O)C(=O)C(C(N)=O)C(O)[C@@H](N(C)C)[C@@H]3[C@@H](O)[C@@H]21. The minimum absolute atomic E-state index is 0.0646. The molecule has 0 bridgehead atoms. The number of carbonyl (C=O) groups is 5. The fourth-order valence-electron chi connectivity index (χ4n) is 7.70. The monoisotopic (exact) mass is 605 g/mol. The predicted molar refractivity (Wildman–Crippen MR) is 151 cm³/mol. The third-order valence-corrected chi connectivity index (χ3v) is 9.78. The van der Waals surface area contributed by atoms with Crippen LogP contribution in [0, 0.1) is 17.8 Å². The number of nitrogens with zero attached hydrogens (tertiary/aromatic N) is 2. The Kier molecular flexibility index (Phi) is 6.59. The molecule has 230 valence electrons. The van der Waals surface area contributed by atoms with Crippen LogP contribution in [0.25, 0.3) is 5.76 Å². The summed E-state index contributed by atoms with van der Waals surface area (Å²) in [5, 5.41) is 57.5. The summed E-state index contributed by atoms with van der Waals surface area (Å²) in [5.41, 5.74) is 2.38. The molecule has 1 heterocycles. The number of phenolic OH excluding ortho intramolecular Hbond substituents is 1. The first-order chi connectivity index (χ1) is 20.7. The lowest BCUT2D eigenvalue weighted by Crippen LogP contribution is -2.76. The molecule has 13 heteroatoms. The highest BCUT2D eigenvalue weighted by Crippen LogP contribution is 2.56. The highest BCUT2D eigenvalue weighted by molar-refractivity contribution is 6.25. The first-order valence-corrected chi connectivity index (χ1v) is 14.0. The van der Waals surface area contributed by atoms with Crippen molar-refractivity contribution in [2.75, 3.05) is 14.1 Å². The van der Waals surface area contributed by atoms with E-state index < -0.39 is 93.9 Å². The molecule has 13 nitrogen and oxygen atoms in total. The number of carbonyl (C=O) groups excluding carboxylic acids is 5. The van der Waals surface area contributed by atoms with Gasteiger partial charge in [-0.05, 0) is 37.7 Å². The van der Waals surface area contributed by atoms with Gasteiger partial charge in [-0.15, -0.1) is 0 Å². The van der Waals surface area contributed by atoms with E-state index in [1.54, 1.807) is 19.1 Å². The molecule has 44 heavy (non-hydrogen) atoms. The summed E-state index contributed by atoms with van der Waals surface area (Å²) in [4.78, 5) is 68.1. The smallest absolute Gasteiger partial charge is 0.261 e. The van der Waals surface area contributed by atoms with Crippen LogP contribution in [-0.4, -0.2) is 103 Å². The number of amides is 3. The van der Waals surface area contributed by atoms with E-state index in [0.29, 0.717) is 5.56 Å². The van der Waals surface area contributed by atoms with Crippen molar-refractivity contribution in [2.24, 2.45) is 23.5 Å². The fraction of sp³-hybridized carbons (Fsp3) is 0.387. The Labute approximate surface area is 250 Å². The first kappa shape index (κ1) is 29.6. The molecule has 3 amide bonds. The summed E-state index contributed by atoms with van der Waals surface area (Å²) in [5.74, 6) is -12.0. The normalized spacial score (nSPS) is 32.9. The van der Waals surface area contributed by atoms with Crippen LogP contribution in [0.15, 0.2) is 42.0 Å². The number of aliphatic hydroxyl groups is 4. The van der Waals surface area contributed by atoms with Crippen LogP contribution in [-0.2, 0) is 20.9 Å². The average molecular weight is 606 g/mol. The van der Waals surface area contributed by atoms with Crippen molar-refractivity contribution in [3.8, 4) is 5.75 Å². The molecule has 0 saturated heterocycles. The van der Waals surface area contributed by atoms with E-state index >= 15 is 0 Å². The summed E-state index contributed by atoms with van der Waals surface area (Å²) in [7, 11) is 2.96. The van der Waals surface area contributed by atoms with Crippen LogP contribution >= 0.6 is 0 Å². The number of nitrogens with two attached hydrogens (primary N) is 1. The Hall–Kier alpha value is -4.43.